The summed E-state index contributed by atoms with van der Waals surface area (Å²) in [5.41, 5.74) is 2.75. The molecule has 1 saturated carbocycles. The van der Waals surface area contributed by atoms with Gasteiger partial charge in [0.25, 0.3) is 5.56 Å². The largest absolute Gasteiger partial charge is 0.355 e. The maximum absolute atomic E-state index is 12.6. The summed E-state index contributed by atoms with van der Waals surface area (Å²) in [4.78, 5) is 26.9. The zero-order valence-electron chi connectivity index (χ0n) is 18.6. The lowest BCUT2D eigenvalue weighted by Gasteiger charge is -2.31. The monoisotopic (exact) mass is 444 g/mol. The number of benzene rings is 1. The lowest BCUT2D eigenvalue weighted by molar-refractivity contribution is -0.125. The van der Waals surface area contributed by atoms with Crippen LogP contribution in [0, 0.1) is 5.92 Å². The third-order valence-corrected chi connectivity index (χ3v) is 6.42. The number of hydrogen-bond acceptors (Lipinski definition) is 6. The Morgan fingerprint density at radius 1 is 0.939 bits per heavy atom. The molecule has 1 amide bonds. The molecule has 1 N–H and O–H groups in total. The molecular weight excluding hydrogens is 416 g/mol. The number of aromatic nitrogens is 4. The van der Waals surface area contributed by atoms with Crippen molar-refractivity contribution in [3.63, 3.8) is 0 Å². The third-order valence-electron chi connectivity index (χ3n) is 6.42. The lowest BCUT2D eigenvalue weighted by Crippen LogP contribution is -2.42. The molecule has 170 valence electrons. The van der Waals surface area contributed by atoms with E-state index in [0.717, 1.165) is 61.5 Å². The zero-order valence-corrected chi connectivity index (χ0v) is 18.6. The van der Waals surface area contributed by atoms with E-state index in [1.165, 1.54) is 4.68 Å². The van der Waals surface area contributed by atoms with Gasteiger partial charge >= 0.3 is 0 Å². The van der Waals surface area contributed by atoms with Crippen LogP contribution in [0.25, 0.3) is 11.3 Å². The number of nitrogens with one attached hydrogen (secondary N) is 1. The van der Waals surface area contributed by atoms with Gasteiger partial charge in [0.1, 0.15) is 0 Å². The van der Waals surface area contributed by atoms with Gasteiger partial charge in [0, 0.05) is 43.1 Å². The van der Waals surface area contributed by atoms with E-state index in [0.29, 0.717) is 19.0 Å². The summed E-state index contributed by atoms with van der Waals surface area (Å²) < 4.78 is 1.47. The van der Waals surface area contributed by atoms with E-state index in [4.69, 9.17) is 0 Å². The van der Waals surface area contributed by atoms with E-state index >= 15 is 0 Å². The minimum atomic E-state index is -0.124. The molecule has 2 fully saturated rings. The molecule has 0 unspecified atom stereocenters. The second kappa shape index (κ2) is 9.52. The lowest BCUT2D eigenvalue weighted by atomic mass is 9.96. The van der Waals surface area contributed by atoms with E-state index in [-0.39, 0.29) is 17.4 Å². The van der Waals surface area contributed by atoms with Crippen LogP contribution >= 0.6 is 0 Å². The molecule has 3 aromatic rings. The van der Waals surface area contributed by atoms with E-state index in [1.807, 2.05) is 48.5 Å². The highest BCUT2D eigenvalue weighted by atomic mass is 16.2. The van der Waals surface area contributed by atoms with Crippen molar-refractivity contribution in [2.75, 3.05) is 24.5 Å². The van der Waals surface area contributed by atoms with Crippen molar-refractivity contribution in [1.29, 1.82) is 0 Å². The van der Waals surface area contributed by atoms with Crippen LogP contribution < -0.4 is 15.8 Å². The van der Waals surface area contributed by atoms with Crippen molar-refractivity contribution in [1.82, 2.24) is 25.3 Å². The standard InChI is InChI=1S/C25H28N6O2/c32-24-11-9-22(19-6-7-19)29-31(24)17-14-26-25(33)20-12-15-30(16-13-20)23-10-8-21(27-28-23)18-4-2-1-3-5-18/h1-5,8-11,19-20H,6-7,12-17H2,(H,26,33). The molecule has 8 nitrogen and oxygen atoms in total. The second-order valence-electron chi connectivity index (χ2n) is 8.79. The van der Waals surface area contributed by atoms with Gasteiger partial charge in [-0.25, -0.2) is 4.68 Å². The normalized spacial score (nSPS) is 16.5. The van der Waals surface area contributed by atoms with Gasteiger partial charge in [0.15, 0.2) is 5.82 Å². The van der Waals surface area contributed by atoms with E-state index in [2.05, 4.69) is 25.5 Å². The molecule has 2 aliphatic rings. The van der Waals surface area contributed by atoms with E-state index < -0.39 is 0 Å². The van der Waals surface area contributed by atoms with Gasteiger partial charge in [0.05, 0.1) is 17.9 Å². The predicted molar refractivity (Wildman–Crippen MR) is 126 cm³/mol. The van der Waals surface area contributed by atoms with Crippen LogP contribution in [0.2, 0.25) is 0 Å². The molecule has 5 rings (SSSR count). The van der Waals surface area contributed by atoms with Crippen molar-refractivity contribution in [2.45, 2.75) is 38.1 Å². The topological polar surface area (TPSA) is 93.0 Å². The maximum atomic E-state index is 12.6. The van der Waals surface area contributed by atoms with Gasteiger partial charge < -0.3 is 10.2 Å². The van der Waals surface area contributed by atoms with Crippen molar-refractivity contribution in [3.05, 3.63) is 70.6 Å². The van der Waals surface area contributed by atoms with Gasteiger partial charge in [-0.3, -0.25) is 9.59 Å². The molecule has 1 aliphatic carbocycles. The molecule has 3 heterocycles. The maximum Gasteiger partial charge on any atom is 0.266 e. The van der Waals surface area contributed by atoms with Gasteiger partial charge in [-0.15, -0.1) is 10.2 Å². The van der Waals surface area contributed by atoms with Crippen molar-refractivity contribution in [2.24, 2.45) is 5.92 Å². The Balaban J connectivity index is 1.10. The van der Waals surface area contributed by atoms with Gasteiger partial charge in [-0.2, -0.15) is 5.10 Å². The Bertz CT molecular complexity index is 1150. The fourth-order valence-corrected chi connectivity index (χ4v) is 4.28. The molecule has 33 heavy (non-hydrogen) atoms. The molecular formula is C25H28N6O2. The molecule has 8 heteroatoms. The van der Waals surface area contributed by atoms with Gasteiger partial charge in [-0.05, 0) is 43.9 Å². The highest BCUT2D eigenvalue weighted by Crippen LogP contribution is 2.38. The second-order valence-corrected chi connectivity index (χ2v) is 8.79. The summed E-state index contributed by atoms with van der Waals surface area (Å²) in [6.45, 7) is 2.34. The molecule has 1 aliphatic heterocycles. The summed E-state index contributed by atoms with van der Waals surface area (Å²) in [5, 5.41) is 16.2. The summed E-state index contributed by atoms with van der Waals surface area (Å²) in [6.07, 6.45) is 3.82. The number of anilines is 1. The first-order valence-corrected chi connectivity index (χ1v) is 11.7. The number of rotatable bonds is 7. The molecule has 2 aromatic heterocycles. The quantitative estimate of drug-likeness (QED) is 0.602. The summed E-state index contributed by atoms with van der Waals surface area (Å²) in [6, 6.07) is 17.4. The van der Waals surface area contributed by atoms with Crippen molar-refractivity contribution in [3.8, 4) is 11.3 Å². The number of carbonyl (C=O) groups excluding carboxylic acids is 1. The van der Waals surface area contributed by atoms with Crippen LogP contribution in [0.5, 0.6) is 0 Å². The summed E-state index contributed by atoms with van der Waals surface area (Å²) >= 11 is 0. The van der Waals surface area contributed by atoms with Crippen LogP contribution in [0.3, 0.4) is 0 Å². The molecule has 0 bridgehead atoms. The average molecular weight is 445 g/mol. The summed E-state index contributed by atoms with van der Waals surface area (Å²) in [5.74, 6) is 1.36. The Labute approximate surface area is 192 Å². The highest BCUT2D eigenvalue weighted by Gasteiger charge is 2.27. The first-order chi connectivity index (χ1) is 16.2. The van der Waals surface area contributed by atoms with E-state index in [1.54, 1.807) is 6.07 Å². The first kappa shape index (κ1) is 21.3. The third kappa shape index (κ3) is 5.10. The van der Waals surface area contributed by atoms with Gasteiger partial charge in [0.2, 0.25) is 5.91 Å². The highest BCUT2D eigenvalue weighted by molar-refractivity contribution is 5.78. The fraction of sp³-hybridized carbons (Fsp3) is 0.400. The minimum Gasteiger partial charge on any atom is -0.355 e. The number of amides is 1. The Hall–Kier alpha value is -3.55. The number of nitrogens with zero attached hydrogens (tertiary/aromatic N) is 5. The van der Waals surface area contributed by atoms with Crippen molar-refractivity contribution >= 4 is 11.7 Å². The predicted octanol–water partition coefficient (Wildman–Crippen LogP) is 2.61. The molecule has 1 aromatic carbocycles. The van der Waals surface area contributed by atoms with Gasteiger partial charge in [-0.1, -0.05) is 30.3 Å². The number of carbonyl (C=O) groups is 1. The molecule has 0 radical (unpaired) electrons. The van der Waals surface area contributed by atoms with Crippen LogP contribution in [-0.4, -0.2) is 45.5 Å². The first-order valence-electron chi connectivity index (χ1n) is 11.7. The Morgan fingerprint density at radius 2 is 1.73 bits per heavy atom. The van der Waals surface area contributed by atoms with Crippen LogP contribution in [0.1, 0.15) is 37.3 Å². The van der Waals surface area contributed by atoms with Crippen LogP contribution in [0.15, 0.2) is 59.4 Å². The van der Waals surface area contributed by atoms with Crippen LogP contribution in [-0.2, 0) is 11.3 Å². The smallest absolute Gasteiger partial charge is 0.266 e. The molecule has 0 spiro atoms. The van der Waals surface area contributed by atoms with Crippen LogP contribution in [0.4, 0.5) is 5.82 Å². The Morgan fingerprint density at radius 3 is 2.42 bits per heavy atom. The number of hydrogen-bond donors (Lipinski definition) is 1. The Kier molecular flexibility index (Phi) is 6.15. The molecule has 1 saturated heterocycles. The average Bonchev–Trinajstić information content (AvgIpc) is 3.72. The number of piperidine rings is 1. The SMILES string of the molecule is O=C(NCCn1nc(C2CC2)ccc1=O)C1CCN(c2ccc(-c3ccccc3)nn2)CC1. The summed E-state index contributed by atoms with van der Waals surface area (Å²) in [7, 11) is 0. The van der Waals surface area contributed by atoms with Crippen molar-refractivity contribution < 1.29 is 4.79 Å². The van der Waals surface area contributed by atoms with E-state index in [9.17, 15) is 9.59 Å². The molecule has 0 atom stereocenters. The fourth-order valence-electron chi connectivity index (χ4n) is 4.28. The zero-order chi connectivity index (χ0) is 22.6. The minimum absolute atomic E-state index is 0.0275.